The Morgan fingerprint density at radius 3 is 2.26 bits per heavy atom. The van der Waals surface area contributed by atoms with E-state index in [1.165, 1.54) is 32.0 Å². The fraction of sp³-hybridized carbons (Fsp3) is 0.385. The molecule has 0 heterocycles. The Labute approximate surface area is 116 Å². The van der Waals surface area contributed by atoms with E-state index in [2.05, 4.69) is 0 Å². The molecule has 0 aliphatic rings. The predicted molar refractivity (Wildman–Crippen MR) is 72.3 cm³/mol. The summed E-state index contributed by atoms with van der Waals surface area (Å²) in [6, 6.07) is 3.15. The molecule has 0 unspecified atom stereocenters. The quantitative estimate of drug-likeness (QED) is 0.345. The van der Waals surface area contributed by atoms with Gasteiger partial charge in [0.25, 0.3) is 5.78 Å². The Hall–Kier alpha value is -1.69. The fourth-order valence-corrected chi connectivity index (χ4v) is 2.08. The Morgan fingerprint density at radius 1 is 1.16 bits per heavy atom. The van der Waals surface area contributed by atoms with Gasteiger partial charge in [0.05, 0.1) is 31.3 Å². The van der Waals surface area contributed by atoms with E-state index in [0.29, 0.717) is 11.5 Å². The van der Waals surface area contributed by atoms with Crippen molar-refractivity contribution in [3.8, 4) is 11.5 Å². The zero-order valence-corrected chi connectivity index (χ0v) is 12.1. The van der Waals surface area contributed by atoms with Crippen LogP contribution in [0.25, 0.3) is 0 Å². The fourth-order valence-electron chi connectivity index (χ4n) is 1.51. The molecule has 0 atom stereocenters. The van der Waals surface area contributed by atoms with Gasteiger partial charge in [-0.25, -0.2) is 4.79 Å². The third-order valence-corrected chi connectivity index (χ3v) is 3.17. The van der Waals surface area contributed by atoms with Gasteiger partial charge < -0.3 is 14.2 Å². The topological polar surface area (TPSA) is 61.8 Å². The molecule has 0 saturated heterocycles. The Bertz CT molecular complexity index is 484. The van der Waals surface area contributed by atoms with Gasteiger partial charge in [-0.15, -0.1) is 11.8 Å². The summed E-state index contributed by atoms with van der Waals surface area (Å²) >= 11 is 1.46. The zero-order valence-electron chi connectivity index (χ0n) is 11.3. The minimum atomic E-state index is -0.903. The number of ether oxygens (including phenoxy) is 3. The highest BCUT2D eigenvalue weighted by atomic mass is 32.2. The number of carbonyl (C=O) groups is 2. The maximum Gasteiger partial charge on any atom is 0.379 e. The van der Waals surface area contributed by atoms with Crippen LogP contribution in [0.1, 0.15) is 17.3 Å². The highest BCUT2D eigenvalue weighted by molar-refractivity contribution is 7.98. The van der Waals surface area contributed by atoms with Crippen LogP contribution in [-0.2, 0) is 9.53 Å². The molecule has 6 heteroatoms. The van der Waals surface area contributed by atoms with Crippen LogP contribution in [0.3, 0.4) is 0 Å². The summed E-state index contributed by atoms with van der Waals surface area (Å²) in [5.74, 6) is -0.812. The second kappa shape index (κ2) is 7.04. The summed E-state index contributed by atoms with van der Waals surface area (Å²) in [7, 11) is 2.94. The summed E-state index contributed by atoms with van der Waals surface area (Å²) in [6.07, 6.45) is 1.88. The molecule has 19 heavy (non-hydrogen) atoms. The molecular weight excluding hydrogens is 268 g/mol. The standard InChI is InChI=1S/C13H16O5S/c1-5-18-13(15)12(14)8-6-10(17-3)11(19-4)7-9(8)16-2/h6-7H,5H2,1-4H3. The molecule has 5 nitrogen and oxygen atoms in total. The van der Waals surface area contributed by atoms with E-state index in [0.717, 1.165) is 4.90 Å². The van der Waals surface area contributed by atoms with Gasteiger partial charge in [-0.05, 0) is 25.3 Å². The lowest BCUT2D eigenvalue weighted by Crippen LogP contribution is -2.18. The second-order valence-electron chi connectivity index (χ2n) is 3.46. The highest BCUT2D eigenvalue weighted by Crippen LogP contribution is 2.34. The second-order valence-corrected chi connectivity index (χ2v) is 4.31. The van der Waals surface area contributed by atoms with E-state index in [9.17, 15) is 9.59 Å². The van der Waals surface area contributed by atoms with Gasteiger partial charge in [-0.2, -0.15) is 0 Å². The molecule has 0 aliphatic heterocycles. The monoisotopic (exact) mass is 284 g/mol. The average Bonchev–Trinajstić information content (AvgIpc) is 2.45. The molecule has 0 spiro atoms. The van der Waals surface area contributed by atoms with Gasteiger partial charge in [0.15, 0.2) is 0 Å². The molecule has 0 aromatic heterocycles. The van der Waals surface area contributed by atoms with Gasteiger partial charge in [-0.1, -0.05) is 0 Å². The highest BCUT2D eigenvalue weighted by Gasteiger charge is 2.23. The zero-order chi connectivity index (χ0) is 14.4. The number of methoxy groups -OCH3 is 2. The van der Waals surface area contributed by atoms with Crippen molar-refractivity contribution in [3.63, 3.8) is 0 Å². The maximum atomic E-state index is 12.0. The summed E-state index contributed by atoms with van der Waals surface area (Å²) in [5.41, 5.74) is 0.135. The van der Waals surface area contributed by atoms with Gasteiger partial charge in [0, 0.05) is 0 Å². The van der Waals surface area contributed by atoms with Crippen LogP contribution in [0.4, 0.5) is 0 Å². The number of Topliss-reactive ketones (excluding diaryl/α,β-unsaturated/α-hetero) is 1. The van der Waals surface area contributed by atoms with Crippen molar-refractivity contribution in [2.24, 2.45) is 0 Å². The first-order chi connectivity index (χ1) is 9.08. The molecule has 0 aliphatic carbocycles. The molecule has 0 radical (unpaired) electrons. The van der Waals surface area contributed by atoms with Gasteiger partial charge in [0.1, 0.15) is 11.5 Å². The number of rotatable bonds is 6. The van der Waals surface area contributed by atoms with E-state index in [1.54, 1.807) is 13.0 Å². The van der Waals surface area contributed by atoms with E-state index in [1.807, 2.05) is 6.26 Å². The van der Waals surface area contributed by atoms with E-state index in [-0.39, 0.29) is 12.2 Å². The van der Waals surface area contributed by atoms with Crippen LogP contribution in [0.15, 0.2) is 17.0 Å². The molecule has 0 N–H and O–H groups in total. The van der Waals surface area contributed by atoms with E-state index < -0.39 is 11.8 Å². The maximum absolute atomic E-state index is 12.0. The molecular formula is C13H16O5S. The average molecular weight is 284 g/mol. The van der Waals surface area contributed by atoms with Crippen LogP contribution >= 0.6 is 11.8 Å². The number of ketones is 1. The molecule has 1 rings (SSSR count). The predicted octanol–water partition coefficient (Wildman–Crippen LogP) is 2.17. The SMILES string of the molecule is CCOC(=O)C(=O)c1cc(OC)c(SC)cc1OC. The number of carbonyl (C=O) groups excluding carboxylic acids is 2. The number of esters is 1. The first-order valence-electron chi connectivity index (χ1n) is 5.60. The summed E-state index contributed by atoms with van der Waals surface area (Å²) in [4.78, 5) is 24.3. The molecule has 0 saturated carbocycles. The molecule has 1 aromatic rings. The van der Waals surface area contributed by atoms with Crippen molar-refractivity contribution < 1.29 is 23.8 Å². The number of hydrogen-bond donors (Lipinski definition) is 0. The molecule has 104 valence electrons. The first kappa shape index (κ1) is 15.4. The molecule has 0 amide bonds. The third kappa shape index (κ3) is 3.41. The van der Waals surface area contributed by atoms with E-state index in [4.69, 9.17) is 14.2 Å². The summed E-state index contributed by atoms with van der Waals surface area (Å²) in [5, 5.41) is 0. The van der Waals surface area contributed by atoms with Crippen molar-refractivity contribution in [2.45, 2.75) is 11.8 Å². The molecule has 0 bridgehead atoms. The van der Waals surface area contributed by atoms with Crippen molar-refractivity contribution in [3.05, 3.63) is 17.7 Å². The van der Waals surface area contributed by atoms with Crippen LogP contribution in [0.2, 0.25) is 0 Å². The van der Waals surface area contributed by atoms with Crippen molar-refractivity contribution in [1.82, 2.24) is 0 Å². The Morgan fingerprint density at radius 2 is 1.79 bits per heavy atom. The van der Waals surface area contributed by atoms with Gasteiger partial charge in [-0.3, -0.25) is 4.79 Å². The Kier molecular flexibility index (Phi) is 5.69. The number of hydrogen-bond acceptors (Lipinski definition) is 6. The lowest BCUT2D eigenvalue weighted by Gasteiger charge is -2.12. The largest absolute Gasteiger partial charge is 0.496 e. The molecule has 1 aromatic carbocycles. The normalized spacial score (nSPS) is 9.89. The Balaban J connectivity index is 3.25. The van der Waals surface area contributed by atoms with Crippen LogP contribution in [-0.4, -0.2) is 38.8 Å². The van der Waals surface area contributed by atoms with Crippen molar-refractivity contribution in [1.29, 1.82) is 0 Å². The van der Waals surface area contributed by atoms with Gasteiger partial charge >= 0.3 is 5.97 Å². The summed E-state index contributed by atoms with van der Waals surface area (Å²) in [6.45, 7) is 1.78. The van der Waals surface area contributed by atoms with Crippen molar-refractivity contribution >= 4 is 23.5 Å². The number of thioether (sulfide) groups is 1. The van der Waals surface area contributed by atoms with Crippen LogP contribution in [0, 0.1) is 0 Å². The third-order valence-electron chi connectivity index (χ3n) is 2.41. The summed E-state index contributed by atoms with van der Waals surface area (Å²) < 4.78 is 15.0. The lowest BCUT2D eigenvalue weighted by molar-refractivity contribution is -0.137. The molecule has 0 fully saturated rings. The van der Waals surface area contributed by atoms with E-state index >= 15 is 0 Å². The van der Waals surface area contributed by atoms with Crippen LogP contribution < -0.4 is 9.47 Å². The van der Waals surface area contributed by atoms with Crippen molar-refractivity contribution in [2.75, 3.05) is 27.1 Å². The first-order valence-corrected chi connectivity index (χ1v) is 6.82. The smallest absolute Gasteiger partial charge is 0.379 e. The van der Waals surface area contributed by atoms with Gasteiger partial charge in [0.2, 0.25) is 0 Å². The minimum Gasteiger partial charge on any atom is -0.496 e. The minimum absolute atomic E-state index is 0.135. The van der Waals surface area contributed by atoms with Crippen LogP contribution in [0.5, 0.6) is 11.5 Å². The number of benzene rings is 1. The lowest BCUT2D eigenvalue weighted by atomic mass is 10.1.